The molecule has 5 nitrogen and oxygen atoms in total. The molecular formula is C10H11N3O2. The summed E-state index contributed by atoms with van der Waals surface area (Å²) in [7, 11) is 0. The van der Waals surface area contributed by atoms with E-state index in [2.05, 4.69) is 10.1 Å². The Morgan fingerprint density at radius 3 is 3.20 bits per heavy atom. The van der Waals surface area contributed by atoms with Crippen molar-refractivity contribution >= 4 is 11.5 Å². The number of aromatic nitrogens is 3. The van der Waals surface area contributed by atoms with Gasteiger partial charge in [0.15, 0.2) is 0 Å². The minimum atomic E-state index is -0.347. The summed E-state index contributed by atoms with van der Waals surface area (Å²) in [6, 6.07) is 0. The molecule has 0 unspecified atom stereocenters. The molecular weight excluding hydrogens is 194 g/mol. The molecule has 0 atom stereocenters. The summed E-state index contributed by atoms with van der Waals surface area (Å²) in [6.07, 6.45) is 7.20. The van der Waals surface area contributed by atoms with Crippen LogP contribution in [0.25, 0.3) is 5.52 Å². The average molecular weight is 205 g/mol. The average Bonchev–Trinajstić information content (AvgIpc) is 2.69. The second kappa shape index (κ2) is 4.08. The van der Waals surface area contributed by atoms with E-state index < -0.39 is 0 Å². The van der Waals surface area contributed by atoms with Crippen LogP contribution in [-0.2, 0) is 4.74 Å². The maximum Gasteiger partial charge on any atom is 0.342 e. The van der Waals surface area contributed by atoms with Gasteiger partial charge in [-0.3, -0.25) is 4.98 Å². The second-order valence-electron chi connectivity index (χ2n) is 3.10. The van der Waals surface area contributed by atoms with Crippen molar-refractivity contribution in [2.45, 2.75) is 13.3 Å². The summed E-state index contributed by atoms with van der Waals surface area (Å²) in [4.78, 5) is 15.5. The summed E-state index contributed by atoms with van der Waals surface area (Å²) in [6.45, 7) is 2.38. The molecule has 0 amide bonds. The Kier molecular flexibility index (Phi) is 2.62. The first-order chi connectivity index (χ1) is 7.33. The van der Waals surface area contributed by atoms with E-state index in [4.69, 9.17) is 4.74 Å². The third kappa shape index (κ3) is 1.81. The van der Waals surface area contributed by atoms with Crippen LogP contribution in [0.3, 0.4) is 0 Å². The van der Waals surface area contributed by atoms with Crippen LogP contribution in [0.15, 0.2) is 24.8 Å². The fourth-order valence-electron chi connectivity index (χ4n) is 1.26. The minimum Gasteiger partial charge on any atom is -0.462 e. The minimum absolute atomic E-state index is 0.347. The Morgan fingerprint density at radius 1 is 1.53 bits per heavy atom. The van der Waals surface area contributed by atoms with Gasteiger partial charge >= 0.3 is 5.97 Å². The quantitative estimate of drug-likeness (QED) is 0.708. The molecule has 0 aromatic carbocycles. The second-order valence-corrected chi connectivity index (χ2v) is 3.10. The smallest absolute Gasteiger partial charge is 0.342 e. The van der Waals surface area contributed by atoms with Crippen LogP contribution in [0.4, 0.5) is 0 Å². The molecule has 0 N–H and O–H groups in total. The molecule has 2 aromatic rings. The Bertz CT molecular complexity index is 478. The first-order valence-electron chi connectivity index (χ1n) is 4.77. The van der Waals surface area contributed by atoms with Gasteiger partial charge in [-0.15, -0.1) is 0 Å². The van der Waals surface area contributed by atoms with Crippen LogP contribution >= 0.6 is 0 Å². The fraction of sp³-hybridized carbons (Fsp3) is 0.300. The highest BCUT2D eigenvalue weighted by atomic mass is 16.5. The molecule has 2 rings (SSSR count). The highest BCUT2D eigenvalue weighted by molar-refractivity contribution is 5.96. The van der Waals surface area contributed by atoms with Crippen molar-refractivity contribution in [2.24, 2.45) is 0 Å². The third-order valence-corrected chi connectivity index (χ3v) is 1.98. The molecule has 0 aliphatic rings. The maximum atomic E-state index is 11.6. The number of carbonyl (C=O) groups is 1. The molecule has 0 aliphatic heterocycles. The molecule has 0 saturated carbocycles. The highest BCUT2D eigenvalue weighted by Gasteiger charge is 2.13. The van der Waals surface area contributed by atoms with Crippen molar-refractivity contribution in [1.29, 1.82) is 0 Å². The summed E-state index contributed by atoms with van der Waals surface area (Å²) < 4.78 is 6.62. The van der Waals surface area contributed by atoms with Crippen molar-refractivity contribution in [2.75, 3.05) is 6.61 Å². The molecule has 78 valence electrons. The number of fused-ring (bicyclic) bond motifs is 1. The van der Waals surface area contributed by atoms with Gasteiger partial charge in [0.05, 0.1) is 24.5 Å². The maximum absolute atomic E-state index is 11.6. The topological polar surface area (TPSA) is 56.5 Å². The molecule has 0 saturated heterocycles. The Hall–Kier alpha value is -1.91. The first kappa shape index (κ1) is 9.64. The number of nitrogens with zero attached hydrogens (tertiary/aromatic N) is 3. The van der Waals surface area contributed by atoms with Crippen molar-refractivity contribution in [3.05, 3.63) is 30.4 Å². The lowest BCUT2D eigenvalue weighted by atomic mass is 10.3. The van der Waals surface area contributed by atoms with Gasteiger partial charge in [-0.2, -0.15) is 5.10 Å². The van der Waals surface area contributed by atoms with Crippen LogP contribution in [0.1, 0.15) is 23.7 Å². The normalized spacial score (nSPS) is 10.5. The summed E-state index contributed by atoms with van der Waals surface area (Å²) >= 11 is 0. The predicted octanol–water partition coefficient (Wildman–Crippen LogP) is 1.30. The zero-order valence-corrected chi connectivity index (χ0v) is 8.38. The van der Waals surface area contributed by atoms with Gasteiger partial charge < -0.3 is 4.74 Å². The number of rotatable bonds is 3. The molecule has 15 heavy (non-hydrogen) atoms. The summed E-state index contributed by atoms with van der Waals surface area (Å²) in [5.74, 6) is -0.347. The first-order valence-corrected chi connectivity index (χ1v) is 4.77. The van der Waals surface area contributed by atoms with E-state index in [1.165, 1.54) is 6.20 Å². The number of hydrogen-bond acceptors (Lipinski definition) is 4. The van der Waals surface area contributed by atoms with E-state index in [9.17, 15) is 4.79 Å². The molecule has 2 heterocycles. The van der Waals surface area contributed by atoms with Gasteiger partial charge in [0.1, 0.15) is 5.56 Å². The van der Waals surface area contributed by atoms with E-state index in [-0.39, 0.29) is 5.97 Å². The van der Waals surface area contributed by atoms with Gasteiger partial charge in [-0.05, 0) is 6.42 Å². The van der Waals surface area contributed by atoms with E-state index in [0.29, 0.717) is 17.7 Å². The van der Waals surface area contributed by atoms with Gasteiger partial charge in [-0.1, -0.05) is 6.92 Å². The number of carbonyl (C=O) groups excluding carboxylic acids is 1. The number of ether oxygens (including phenoxy) is 1. The molecule has 0 spiro atoms. The molecule has 0 bridgehead atoms. The standard InChI is InChI=1S/C10H11N3O2/c1-2-5-15-10(14)8-6-12-13-4-3-11-7-9(8)13/h3-4,6-7H,2,5H2,1H3. The fourth-order valence-corrected chi connectivity index (χ4v) is 1.26. The van der Waals surface area contributed by atoms with Crippen LogP contribution in [-0.4, -0.2) is 27.2 Å². The van der Waals surface area contributed by atoms with Gasteiger partial charge in [0, 0.05) is 12.4 Å². The Balaban J connectivity index is 2.31. The van der Waals surface area contributed by atoms with E-state index >= 15 is 0 Å². The van der Waals surface area contributed by atoms with Crippen molar-refractivity contribution in [3.63, 3.8) is 0 Å². The molecule has 5 heteroatoms. The van der Waals surface area contributed by atoms with E-state index in [0.717, 1.165) is 6.42 Å². The largest absolute Gasteiger partial charge is 0.462 e. The van der Waals surface area contributed by atoms with Crippen LogP contribution in [0, 0.1) is 0 Å². The number of hydrogen-bond donors (Lipinski definition) is 0. The Morgan fingerprint density at radius 2 is 2.40 bits per heavy atom. The van der Waals surface area contributed by atoms with Crippen LogP contribution < -0.4 is 0 Å². The van der Waals surface area contributed by atoms with Crippen molar-refractivity contribution in [1.82, 2.24) is 14.6 Å². The van der Waals surface area contributed by atoms with Crippen molar-refractivity contribution < 1.29 is 9.53 Å². The van der Waals surface area contributed by atoms with Crippen LogP contribution in [0.2, 0.25) is 0 Å². The van der Waals surface area contributed by atoms with Crippen LogP contribution in [0.5, 0.6) is 0 Å². The molecule has 2 aromatic heterocycles. The zero-order valence-electron chi connectivity index (χ0n) is 8.38. The molecule has 0 fully saturated rings. The van der Waals surface area contributed by atoms with Gasteiger partial charge in [-0.25, -0.2) is 9.31 Å². The monoisotopic (exact) mass is 205 g/mol. The molecule has 0 aliphatic carbocycles. The lowest BCUT2D eigenvalue weighted by Crippen LogP contribution is -2.05. The van der Waals surface area contributed by atoms with E-state index in [1.54, 1.807) is 23.1 Å². The lowest BCUT2D eigenvalue weighted by molar-refractivity contribution is 0.0507. The van der Waals surface area contributed by atoms with Gasteiger partial charge in [0.25, 0.3) is 0 Å². The highest BCUT2D eigenvalue weighted by Crippen LogP contribution is 2.09. The van der Waals surface area contributed by atoms with Gasteiger partial charge in [0.2, 0.25) is 0 Å². The van der Waals surface area contributed by atoms with E-state index in [1.807, 2.05) is 6.92 Å². The summed E-state index contributed by atoms with van der Waals surface area (Å²) in [5, 5.41) is 4.02. The molecule has 0 radical (unpaired) electrons. The number of esters is 1. The van der Waals surface area contributed by atoms with Crippen molar-refractivity contribution in [3.8, 4) is 0 Å². The lowest BCUT2D eigenvalue weighted by Gasteiger charge is -2.00. The SMILES string of the molecule is CCCOC(=O)c1cnn2ccncc12. The zero-order chi connectivity index (χ0) is 10.7. The third-order valence-electron chi connectivity index (χ3n) is 1.98. The summed E-state index contributed by atoms with van der Waals surface area (Å²) in [5.41, 5.74) is 1.12. The predicted molar refractivity (Wildman–Crippen MR) is 53.6 cm³/mol. The Labute approximate surface area is 86.7 Å².